The Hall–Kier alpha value is -3.55. The van der Waals surface area contributed by atoms with Gasteiger partial charge >= 0.3 is 12.3 Å². The molecule has 0 bridgehead atoms. The number of fused-ring (bicyclic) bond motifs is 1. The molecule has 0 aliphatic heterocycles. The van der Waals surface area contributed by atoms with Crippen LogP contribution in [-0.2, 0) is 11.4 Å². The third kappa shape index (κ3) is 6.50. The zero-order chi connectivity index (χ0) is 24.9. The van der Waals surface area contributed by atoms with Gasteiger partial charge in [0, 0.05) is 11.8 Å². The Labute approximate surface area is 195 Å². The Morgan fingerprint density at radius 3 is 2.41 bits per heavy atom. The van der Waals surface area contributed by atoms with Crippen molar-refractivity contribution >= 4 is 22.5 Å². The number of carbonyl (C=O) groups is 2. The number of rotatable bonds is 10. The summed E-state index contributed by atoms with van der Waals surface area (Å²) in [5, 5.41) is 10.8. The topological polar surface area (TPSA) is 72.8 Å². The first-order chi connectivity index (χ1) is 16.0. The molecule has 0 aliphatic carbocycles. The second-order valence-corrected chi connectivity index (χ2v) is 8.61. The average molecular weight is 474 g/mol. The lowest BCUT2D eigenvalue weighted by atomic mass is 9.86. The van der Waals surface area contributed by atoms with Gasteiger partial charge in [0.1, 0.15) is 18.1 Å². The Morgan fingerprint density at radius 1 is 0.971 bits per heavy atom. The molecular weight excluding hydrogens is 449 g/mol. The van der Waals surface area contributed by atoms with E-state index < -0.39 is 17.7 Å². The van der Waals surface area contributed by atoms with Gasteiger partial charge in [-0.2, -0.15) is 0 Å². The van der Waals surface area contributed by atoms with Gasteiger partial charge in [0.15, 0.2) is 5.78 Å². The molecule has 8 heteroatoms. The maximum Gasteiger partial charge on any atom is 0.573 e. The monoisotopic (exact) mass is 474 g/mol. The maximum atomic E-state index is 13.0. The SMILES string of the molecule is CC(C)(CCCC(=O)c1ccc2ccccc2c1OCc1cccc(OC(F)(F)F)c1)C(=O)O. The lowest BCUT2D eigenvalue weighted by Crippen LogP contribution is -2.23. The summed E-state index contributed by atoms with van der Waals surface area (Å²) in [6.45, 7) is 3.15. The van der Waals surface area contributed by atoms with Crippen molar-refractivity contribution in [1.29, 1.82) is 0 Å². The summed E-state index contributed by atoms with van der Waals surface area (Å²) >= 11 is 0. The Bertz CT molecular complexity index is 1180. The van der Waals surface area contributed by atoms with E-state index in [1.54, 1.807) is 44.2 Å². The molecule has 1 N–H and O–H groups in total. The van der Waals surface area contributed by atoms with Gasteiger partial charge in [-0.1, -0.05) is 42.5 Å². The highest BCUT2D eigenvalue weighted by atomic mass is 19.4. The molecule has 5 nitrogen and oxygen atoms in total. The number of ketones is 1. The second-order valence-electron chi connectivity index (χ2n) is 8.61. The number of Topliss-reactive ketones (excluding diaryl/α,β-unsaturated/α-hetero) is 1. The zero-order valence-corrected chi connectivity index (χ0v) is 18.8. The number of aliphatic carboxylic acids is 1. The minimum Gasteiger partial charge on any atom is -0.487 e. The van der Waals surface area contributed by atoms with Crippen molar-refractivity contribution in [3.8, 4) is 11.5 Å². The minimum atomic E-state index is -4.80. The molecule has 0 heterocycles. The molecule has 34 heavy (non-hydrogen) atoms. The molecule has 0 spiro atoms. The molecule has 180 valence electrons. The molecule has 0 atom stereocenters. The van der Waals surface area contributed by atoms with Gasteiger partial charge in [0.2, 0.25) is 0 Å². The van der Waals surface area contributed by atoms with Crippen molar-refractivity contribution in [2.24, 2.45) is 5.41 Å². The van der Waals surface area contributed by atoms with Crippen molar-refractivity contribution in [3.05, 3.63) is 71.8 Å². The number of ether oxygens (including phenoxy) is 2. The molecule has 0 saturated heterocycles. The quantitative estimate of drug-likeness (QED) is 0.328. The average Bonchev–Trinajstić information content (AvgIpc) is 2.76. The summed E-state index contributed by atoms with van der Waals surface area (Å²) in [5.41, 5.74) is -0.155. The van der Waals surface area contributed by atoms with Crippen molar-refractivity contribution in [3.63, 3.8) is 0 Å². The Balaban J connectivity index is 1.82. The molecular formula is C26H25F3O5. The molecule has 0 aliphatic rings. The third-order valence-electron chi connectivity index (χ3n) is 5.48. The number of halogens is 3. The van der Waals surface area contributed by atoms with E-state index >= 15 is 0 Å². The van der Waals surface area contributed by atoms with Crippen molar-refractivity contribution in [2.45, 2.75) is 46.1 Å². The van der Waals surface area contributed by atoms with Crippen LogP contribution in [0.15, 0.2) is 60.7 Å². The molecule has 0 amide bonds. The van der Waals surface area contributed by atoms with Crippen LogP contribution in [0.3, 0.4) is 0 Å². The molecule has 0 aromatic heterocycles. The highest BCUT2D eigenvalue weighted by Gasteiger charge is 2.31. The first-order valence-corrected chi connectivity index (χ1v) is 10.7. The number of carboxylic acid groups (broad SMARTS) is 1. The van der Waals surface area contributed by atoms with Crippen molar-refractivity contribution in [2.75, 3.05) is 0 Å². The third-order valence-corrected chi connectivity index (χ3v) is 5.48. The number of carboxylic acids is 1. The summed E-state index contributed by atoms with van der Waals surface area (Å²) in [5.74, 6) is -1.14. The van der Waals surface area contributed by atoms with Crippen LogP contribution in [0.5, 0.6) is 11.5 Å². The van der Waals surface area contributed by atoms with E-state index in [2.05, 4.69) is 4.74 Å². The molecule has 3 rings (SSSR count). The summed E-state index contributed by atoms with van der Waals surface area (Å²) in [6.07, 6.45) is -3.94. The van der Waals surface area contributed by atoms with E-state index in [0.717, 1.165) is 5.39 Å². The Morgan fingerprint density at radius 2 is 1.71 bits per heavy atom. The van der Waals surface area contributed by atoms with Gasteiger partial charge in [0.05, 0.1) is 11.0 Å². The van der Waals surface area contributed by atoms with E-state index in [1.807, 2.05) is 12.1 Å². The fourth-order valence-electron chi connectivity index (χ4n) is 3.54. The predicted molar refractivity (Wildman–Crippen MR) is 121 cm³/mol. The zero-order valence-electron chi connectivity index (χ0n) is 18.8. The van der Waals surface area contributed by atoms with E-state index in [1.165, 1.54) is 18.2 Å². The lowest BCUT2D eigenvalue weighted by Gasteiger charge is -2.19. The molecule has 3 aromatic carbocycles. The molecule has 3 aromatic rings. The summed E-state index contributed by atoms with van der Waals surface area (Å²) in [6, 6.07) is 16.2. The summed E-state index contributed by atoms with van der Waals surface area (Å²) < 4.78 is 47.5. The standard InChI is InChI=1S/C26H25F3O5/c1-25(2,24(31)32)14-6-11-22(30)21-13-12-18-8-3-4-10-20(18)23(21)33-16-17-7-5-9-19(15-17)34-26(27,28)29/h3-5,7-10,12-13,15H,6,11,14,16H2,1-2H3,(H,31,32). The van der Waals surface area contributed by atoms with E-state index in [0.29, 0.717) is 35.1 Å². The van der Waals surface area contributed by atoms with E-state index in [-0.39, 0.29) is 24.6 Å². The van der Waals surface area contributed by atoms with E-state index in [4.69, 9.17) is 4.74 Å². The molecule has 0 unspecified atom stereocenters. The van der Waals surface area contributed by atoms with Gasteiger partial charge < -0.3 is 14.6 Å². The van der Waals surface area contributed by atoms with Crippen LogP contribution in [0.25, 0.3) is 10.8 Å². The number of benzene rings is 3. The Kier molecular flexibility index (Phi) is 7.49. The molecule has 0 saturated carbocycles. The number of alkyl halides is 3. The van der Waals surface area contributed by atoms with Gasteiger partial charge in [-0.25, -0.2) is 0 Å². The van der Waals surface area contributed by atoms with Gasteiger partial charge in [-0.05, 0) is 55.8 Å². The first-order valence-electron chi connectivity index (χ1n) is 10.7. The maximum absolute atomic E-state index is 13.0. The predicted octanol–water partition coefficient (Wildman–Crippen LogP) is 6.78. The van der Waals surface area contributed by atoms with Crippen LogP contribution in [0.2, 0.25) is 0 Å². The lowest BCUT2D eigenvalue weighted by molar-refractivity contribution is -0.274. The van der Waals surface area contributed by atoms with Crippen LogP contribution in [0.4, 0.5) is 13.2 Å². The summed E-state index contributed by atoms with van der Waals surface area (Å²) in [7, 11) is 0. The van der Waals surface area contributed by atoms with Crippen molar-refractivity contribution in [1.82, 2.24) is 0 Å². The van der Waals surface area contributed by atoms with E-state index in [9.17, 15) is 27.9 Å². The van der Waals surface area contributed by atoms with Crippen molar-refractivity contribution < 1.29 is 37.3 Å². The number of hydrogen-bond acceptors (Lipinski definition) is 4. The second kappa shape index (κ2) is 10.2. The fraction of sp³-hybridized carbons (Fsp3) is 0.308. The van der Waals surface area contributed by atoms with Crippen LogP contribution >= 0.6 is 0 Å². The van der Waals surface area contributed by atoms with Gasteiger partial charge in [-0.15, -0.1) is 13.2 Å². The van der Waals surface area contributed by atoms with Gasteiger partial charge in [-0.3, -0.25) is 9.59 Å². The molecule has 0 fully saturated rings. The highest BCUT2D eigenvalue weighted by Crippen LogP contribution is 2.33. The van der Waals surface area contributed by atoms with Crippen LogP contribution in [0.1, 0.15) is 49.0 Å². The number of carbonyl (C=O) groups excluding carboxylic acids is 1. The van der Waals surface area contributed by atoms with Crippen LogP contribution in [-0.4, -0.2) is 23.2 Å². The summed E-state index contributed by atoms with van der Waals surface area (Å²) in [4.78, 5) is 24.3. The fourth-order valence-corrected chi connectivity index (χ4v) is 3.54. The molecule has 0 radical (unpaired) electrons. The number of hydrogen-bond donors (Lipinski definition) is 1. The smallest absolute Gasteiger partial charge is 0.487 e. The highest BCUT2D eigenvalue weighted by molar-refractivity contribution is 6.04. The van der Waals surface area contributed by atoms with Crippen LogP contribution in [0, 0.1) is 5.41 Å². The minimum absolute atomic E-state index is 0.0740. The van der Waals surface area contributed by atoms with Gasteiger partial charge in [0.25, 0.3) is 0 Å². The first kappa shape index (κ1) is 25.1. The van der Waals surface area contributed by atoms with Crippen LogP contribution < -0.4 is 9.47 Å². The normalized spacial score (nSPS) is 11.9. The largest absolute Gasteiger partial charge is 0.573 e.